The third kappa shape index (κ3) is 5.37. The van der Waals surface area contributed by atoms with Crippen LogP contribution in [-0.2, 0) is 0 Å². The van der Waals surface area contributed by atoms with Gasteiger partial charge in [-0.1, -0.05) is 44.2 Å². The highest BCUT2D eigenvalue weighted by Gasteiger charge is 2.12. The Balaban J connectivity index is 2.47. The summed E-state index contributed by atoms with van der Waals surface area (Å²) in [5.41, 5.74) is 0.495. The number of carbonyl (C=O) groups excluding carboxylic acids is 1. The van der Waals surface area contributed by atoms with Crippen LogP contribution in [0.3, 0.4) is 0 Å². The average molecular weight is 298 g/mol. The van der Waals surface area contributed by atoms with Crippen molar-refractivity contribution in [3.63, 3.8) is 0 Å². The molecule has 0 aliphatic rings. The van der Waals surface area contributed by atoms with Crippen LogP contribution in [0, 0.1) is 0 Å². The van der Waals surface area contributed by atoms with Gasteiger partial charge in [0.15, 0.2) is 0 Å². The molecule has 0 radical (unpaired) electrons. The molecular formula is C15H24ClN3O. The molecule has 0 aromatic carbocycles. The van der Waals surface area contributed by atoms with E-state index in [2.05, 4.69) is 22.5 Å². The molecule has 5 heteroatoms. The van der Waals surface area contributed by atoms with Gasteiger partial charge >= 0.3 is 0 Å². The minimum absolute atomic E-state index is 0.120. The van der Waals surface area contributed by atoms with E-state index in [1.54, 1.807) is 13.1 Å². The topological polar surface area (TPSA) is 54.0 Å². The van der Waals surface area contributed by atoms with Gasteiger partial charge in [-0.25, -0.2) is 4.98 Å². The number of pyridine rings is 1. The molecule has 0 fully saturated rings. The maximum Gasteiger partial charge on any atom is 0.253 e. The lowest BCUT2D eigenvalue weighted by Crippen LogP contribution is -2.32. The summed E-state index contributed by atoms with van der Waals surface area (Å²) in [6, 6.07) is 1.81. The minimum atomic E-state index is -0.120. The van der Waals surface area contributed by atoms with Crippen LogP contribution in [0.5, 0.6) is 0 Å². The van der Waals surface area contributed by atoms with Gasteiger partial charge in [0, 0.05) is 19.3 Å². The lowest BCUT2D eigenvalue weighted by Gasteiger charge is -2.14. The Morgan fingerprint density at radius 2 is 2.15 bits per heavy atom. The fraction of sp³-hybridized carbons (Fsp3) is 0.600. The fourth-order valence-corrected chi connectivity index (χ4v) is 2.26. The molecule has 1 rings (SSSR count). The highest BCUT2D eigenvalue weighted by molar-refractivity contribution is 6.33. The van der Waals surface area contributed by atoms with E-state index in [4.69, 9.17) is 11.6 Å². The summed E-state index contributed by atoms with van der Waals surface area (Å²) < 4.78 is 0. The van der Waals surface area contributed by atoms with Gasteiger partial charge in [0.25, 0.3) is 5.91 Å². The van der Waals surface area contributed by atoms with E-state index in [-0.39, 0.29) is 11.9 Å². The van der Waals surface area contributed by atoms with Crippen LogP contribution in [-0.4, -0.2) is 24.0 Å². The van der Waals surface area contributed by atoms with Crippen molar-refractivity contribution < 1.29 is 4.79 Å². The SMILES string of the molecule is CCCCCCC(C)NC(=O)c1cnc(NC)c(Cl)c1. The molecule has 1 heterocycles. The van der Waals surface area contributed by atoms with Gasteiger partial charge in [-0.15, -0.1) is 0 Å². The molecule has 0 saturated carbocycles. The van der Waals surface area contributed by atoms with Crippen LogP contribution in [0.4, 0.5) is 5.82 Å². The minimum Gasteiger partial charge on any atom is -0.372 e. The van der Waals surface area contributed by atoms with Crippen LogP contribution in [0.1, 0.15) is 56.3 Å². The van der Waals surface area contributed by atoms with Gasteiger partial charge in [0.2, 0.25) is 0 Å². The van der Waals surface area contributed by atoms with Gasteiger partial charge in [0.1, 0.15) is 5.82 Å². The zero-order chi connectivity index (χ0) is 15.0. The number of rotatable bonds is 8. The molecule has 0 bridgehead atoms. The van der Waals surface area contributed by atoms with Crippen molar-refractivity contribution in [1.29, 1.82) is 0 Å². The smallest absolute Gasteiger partial charge is 0.253 e. The average Bonchev–Trinajstić information content (AvgIpc) is 2.43. The summed E-state index contributed by atoms with van der Waals surface area (Å²) in [5.74, 6) is 0.459. The summed E-state index contributed by atoms with van der Waals surface area (Å²) in [5, 5.41) is 6.30. The normalized spacial score (nSPS) is 12.0. The molecule has 0 aliphatic heterocycles. The summed E-state index contributed by atoms with van der Waals surface area (Å²) in [7, 11) is 1.74. The summed E-state index contributed by atoms with van der Waals surface area (Å²) in [6.45, 7) is 4.22. The number of aromatic nitrogens is 1. The zero-order valence-corrected chi connectivity index (χ0v) is 13.3. The first-order valence-corrected chi connectivity index (χ1v) is 7.60. The van der Waals surface area contributed by atoms with Crippen LogP contribution < -0.4 is 10.6 Å². The summed E-state index contributed by atoms with van der Waals surface area (Å²) >= 11 is 6.02. The van der Waals surface area contributed by atoms with Crippen LogP contribution in [0.25, 0.3) is 0 Å². The Morgan fingerprint density at radius 3 is 2.75 bits per heavy atom. The number of carbonyl (C=O) groups is 1. The van der Waals surface area contributed by atoms with E-state index in [0.29, 0.717) is 16.4 Å². The molecule has 0 aliphatic carbocycles. The van der Waals surface area contributed by atoms with Crippen molar-refractivity contribution in [2.45, 2.75) is 52.0 Å². The van der Waals surface area contributed by atoms with Crippen LogP contribution in [0.15, 0.2) is 12.3 Å². The van der Waals surface area contributed by atoms with Gasteiger partial charge in [-0.05, 0) is 19.4 Å². The molecular weight excluding hydrogens is 274 g/mol. The second-order valence-electron chi connectivity index (χ2n) is 5.03. The van der Waals surface area contributed by atoms with Crippen molar-refractivity contribution in [2.24, 2.45) is 0 Å². The number of hydrogen-bond acceptors (Lipinski definition) is 3. The van der Waals surface area contributed by atoms with Crippen LogP contribution >= 0.6 is 11.6 Å². The third-order valence-corrected chi connectivity index (χ3v) is 3.50. The number of hydrogen-bond donors (Lipinski definition) is 2. The largest absolute Gasteiger partial charge is 0.372 e. The number of amides is 1. The highest BCUT2D eigenvalue weighted by Crippen LogP contribution is 2.19. The van der Waals surface area contributed by atoms with Gasteiger partial charge in [-0.2, -0.15) is 0 Å². The molecule has 0 spiro atoms. The number of nitrogens with one attached hydrogen (secondary N) is 2. The molecule has 2 N–H and O–H groups in total. The maximum atomic E-state index is 12.1. The van der Waals surface area contributed by atoms with E-state index in [9.17, 15) is 4.79 Å². The Hall–Kier alpha value is -1.29. The summed E-state index contributed by atoms with van der Waals surface area (Å²) in [6.07, 6.45) is 7.39. The molecule has 1 atom stereocenters. The monoisotopic (exact) mass is 297 g/mol. The fourth-order valence-electron chi connectivity index (χ4n) is 2.00. The first-order valence-electron chi connectivity index (χ1n) is 7.22. The molecule has 4 nitrogen and oxygen atoms in total. The Morgan fingerprint density at radius 1 is 1.40 bits per heavy atom. The lowest BCUT2D eigenvalue weighted by atomic mass is 10.1. The van der Waals surface area contributed by atoms with Crippen molar-refractivity contribution in [3.8, 4) is 0 Å². The second kappa shape index (κ2) is 8.80. The van der Waals surface area contributed by atoms with Crippen molar-refractivity contribution in [1.82, 2.24) is 10.3 Å². The van der Waals surface area contributed by atoms with Crippen molar-refractivity contribution in [3.05, 3.63) is 22.8 Å². The Labute approximate surface area is 126 Å². The van der Waals surface area contributed by atoms with Crippen molar-refractivity contribution >= 4 is 23.3 Å². The van der Waals surface area contributed by atoms with E-state index >= 15 is 0 Å². The molecule has 1 aromatic rings. The van der Waals surface area contributed by atoms with Crippen LogP contribution in [0.2, 0.25) is 5.02 Å². The predicted molar refractivity (Wildman–Crippen MR) is 84.5 cm³/mol. The Kier molecular flexibility index (Phi) is 7.37. The van der Waals surface area contributed by atoms with E-state index < -0.39 is 0 Å². The van der Waals surface area contributed by atoms with E-state index in [0.717, 1.165) is 12.8 Å². The first kappa shape index (κ1) is 16.8. The second-order valence-corrected chi connectivity index (χ2v) is 5.44. The van der Waals surface area contributed by atoms with Gasteiger partial charge in [-0.3, -0.25) is 4.79 Å². The molecule has 20 heavy (non-hydrogen) atoms. The maximum absolute atomic E-state index is 12.1. The molecule has 1 unspecified atom stereocenters. The quantitative estimate of drug-likeness (QED) is 0.716. The predicted octanol–water partition coefficient (Wildman–Crippen LogP) is 3.87. The molecule has 112 valence electrons. The standard InChI is InChI=1S/C15H24ClN3O/c1-4-5-6-7-8-11(2)19-15(20)12-9-13(16)14(17-3)18-10-12/h9-11H,4-8H2,1-3H3,(H,17,18)(H,19,20). The number of unbranched alkanes of at least 4 members (excludes halogenated alkanes) is 3. The third-order valence-electron chi connectivity index (χ3n) is 3.21. The number of halogens is 1. The highest BCUT2D eigenvalue weighted by atomic mass is 35.5. The lowest BCUT2D eigenvalue weighted by molar-refractivity contribution is 0.0937. The Bertz CT molecular complexity index is 437. The molecule has 1 aromatic heterocycles. The number of nitrogens with zero attached hydrogens (tertiary/aromatic N) is 1. The zero-order valence-electron chi connectivity index (χ0n) is 12.5. The summed E-state index contributed by atoms with van der Waals surface area (Å²) in [4.78, 5) is 16.2. The molecule has 0 saturated heterocycles. The van der Waals surface area contributed by atoms with Crippen molar-refractivity contribution in [2.75, 3.05) is 12.4 Å². The van der Waals surface area contributed by atoms with E-state index in [1.807, 2.05) is 6.92 Å². The molecule has 1 amide bonds. The van der Waals surface area contributed by atoms with E-state index in [1.165, 1.54) is 25.5 Å². The first-order chi connectivity index (χ1) is 9.58. The van der Waals surface area contributed by atoms with Gasteiger partial charge < -0.3 is 10.6 Å². The van der Waals surface area contributed by atoms with Gasteiger partial charge in [0.05, 0.1) is 10.6 Å². The number of anilines is 1.